The minimum absolute atomic E-state index is 0.211. The zero-order chi connectivity index (χ0) is 9.73. The Labute approximate surface area is 78.8 Å². The fraction of sp³-hybridized carbons (Fsp3) is 0.750. The maximum atomic E-state index is 10.4. The van der Waals surface area contributed by atoms with Gasteiger partial charge in [-0.15, -0.1) is 0 Å². The molecule has 1 aliphatic rings. The molecule has 1 aliphatic carbocycles. The van der Waals surface area contributed by atoms with Crippen LogP contribution in [0.15, 0.2) is 12.2 Å². The predicted octanol–water partition coefficient (Wildman–Crippen LogP) is 0.573. The molecule has 76 valence electrons. The lowest BCUT2D eigenvalue weighted by atomic mass is 10.0. The van der Waals surface area contributed by atoms with Crippen LogP contribution in [0.3, 0.4) is 0 Å². The molecule has 4 nitrogen and oxygen atoms in total. The van der Waals surface area contributed by atoms with Crippen molar-refractivity contribution in [1.82, 2.24) is 5.32 Å². The SMILES string of the molecule is O=S(=O)(O)CCN[C@@H]1C=CCCC1. The maximum absolute atomic E-state index is 10.4. The van der Waals surface area contributed by atoms with E-state index in [1.165, 1.54) is 0 Å². The highest BCUT2D eigenvalue weighted by molar-refractivity contribution is 7.85. The van der Waals surface area contributed by atoms with Crippen molar-refractivity contribution < 1.29 is 13.0 Å². The first-order valence-corrected chi connectivity index (χ1v) is 6.04. The van der Waals surface area contributed by atoms with Gasteiger partial charge in [0.25, 0.3) is 10.1 Å². The van der Waals surface area contributed by atoms with Crippen molar-refractivity contribution in [1.29, 1.82) is 0 Å². The summed E-state index contributed by atoms with van der Waals surface area (Å²) in [6.07, 6.45) is 7.43. The van der Waals surface area contributed by atoms with Gasteiger partial charge in [0.05, 0.1) is 5.75 Å². The summed E-state index contributed by atoms with van der Waals surface area (Å²) < 4.78 is 29.2. The lowest BCUT2D eigenvalue weighted by molar-refractivity contribution is 0.475. The van der Waals surface area contributed by atoms with Crippen LogP contribution >= 0.6 is 0 Å². The third-order valence-corrected chi connectivity index (χ3v) is 2.74. The summed E-state index contributed by atoms with van der Waals surface area (Å²) in [5, 5.41) is 3.05. The van der Waals surface area contributed by atoms with Crippen LogP contribution in [0.2, 0.25) is 0 Å². The quantitative estimate of drug-likeness (QED) is 0.520. The number of allylic oxidation sites excluding steroid dienone is 1. The van der Waals surface area contributed by atoms with Gasteiger partial charge in [-0.2, -0.15) is 8.42 Å². The van der Waals surface area contributed by atoms with E-state index in [2.05, 4.69) is 11.4 Å². The maximum Gasteiger partial charge on any atom is 0.266 e. The first-order valence-electron chi connectivity index (χ1n) is 4.43. The molecule has 0 unspecified atom stereocenters. The van der Waals surface area contributed by atoms with Crippen LogP contribution in [0.1, 0.15) is 19.3 Å². The van der Waals surface area contributed by atoms with Gasteiger partial charge in [0.2, 0.25) is 0 Å². The molecule has 0 saturated heterocycles. The molecule has 0 spiro atoms. The first kappa shape index (κ1) is 10.7. The van der Waals surface area contributed by atoms with Crippen LogP contribution in [0.5, 0.6) is 0 Å². The molecule has 0 aliphatic heterocycles. The molecule has 5 heteroatoms. The van der Waals surface area contributed by atoms with Crippen LogP contribution in [0.25, 0.3) is 0 Å². The molecular formula is C8H15NO3S. The number of rotatable bonds is 4. The van der Waals surface area contributed by atoms with Crippen LogP contribution in [0, 0.1) is 0 Å². The fourth-order valence-electron chi connectivity index (χ4n) is 1.36. The van der Waals surface area contributed by atoms with Gasteiger partial charge >= 0.3 is 0 Å². The Morgan fingerprint density at radius 1 is 1.54 bits per heavy atom. The Bertz CT molecular complexity index is 271. The molecule has 0 saturated carbocycles. The van der Waals surface area contributed by atoms with Gasteiger partial charge in [-0.1, -0.05) is 12.2 Å². The van der Waals surface area contributed by atoms with Gasteiger partial charge in [0.1, 0.15) is 0 Å². The smallest absolute Gasteiger partial charge is 0.266 e. The van der Waals surface area contributed by atoms with E-state index in [1.807, 2.05) is 6.08 Å². The molecule has 0 fully saturated rings. The summed E-state index contributed by atoms with van der Waals surface area (Å²) in [5.74, 6) is -0.211. The van der Waals surface area contributed by atoms with Gasteiger partial charge in [-0.3, -0.25) is 4.55 Å². The molecule has 0 aromatic rings. The van der Waals surface area contributed by atoms with E-state index in [0.29, 0.717) is 6.54 Å². The topological polar surface area (TPSA) is 66.4 Å². The lowest BCUT2D eigenvalue weighted by Crippen LogP contribution is -2.32. The standard InChI is InChI=1S/C8H15NO3S/c10-13(11,12)7-6-9-8-4-2-1-3-5-8/h2,4,8-9H,1,3,5-7H2,(H,10,11,12)/t8-/m1/s1. The van der Waals surface area contributed by atoms with Crippen molar-refractivity contribution in [3.05, 3.63) is 12.2 Å². The molecule has 0 amide bonds. The summed E-state index contributed by atoms with van der Waals surface area (Å²) in [7, 11) is -3.81. The van der Waals surface area contributed by atoms with Gasteiger partial charge in [-0.25, -0.2) is 0 Å². The minimum atomic E-state index is -3.81. The molecule has 0 heterocycles. The number of hydrogen-bond donors (Lipinski definition) is 2. The summed E-state index contributed by atoms with van der Waals surface area (Å²) in [6.45, 7) is 0.313. The van der Waals surface area contributed by atoms with E-state index < -0.39 is 10.1 Å². The van der Waals surface area contributed by atoms with E-state index in [1.54, 1.807) is 0 Å². The van der Waals surface area contributed by atoms with Crippen molar-refractivity contribution in [3.63, 3.8) is 0 Å². The predicted molar refractivity (Wildman–Crippen MR) is 51.2 cm³/mol. The van der Waals surface area contributed by atoms with E-state index >= 15 is 0 Å². The van der Waals surface area contributed by atoms with Crippen LogP contribution in [0.4, 0.5) is 0 Å². The molecule has 0 aromatic carbocycles. The Balaban J connectivity index is 2.19. The second kappa shape index (κ2) is 4.74. The van der Waals surface area contributed by atoms with Crippen molar-refractivity contribution in [3.8, 4) is 0 Å². The lowest BCUT2D eigenvalue weighted by Gasteiger charge is -2.17. The number of nitrogens with one attached hydrogen (secondary N) is 1. The molecule has 0 bridgehead atoms. The molecule has 13 heavy (non-hydrogen) atoms. The second-order valence-electron chi connectivity index (χ2n) is 3.21. The van der Waals surface area contributed by atoms with Crippen molar-refractivity contribution in [2.75, 3.05) is 12.3 Å². The summed E-state index contributed by atoms with van der Waals surface area (Å²) in [5.41, 5.74) is 0. The molecular weight excluding hydrogens is 190 g/mol. The van der Waals surface area contributed by atoms with Crippen molar-refractivity contribution in [2.45, 2.75) is 25.3 Å². The monoisotopic (exact) mass is 205 g/mol. The highest BCUT2D eigenvalue weighted by Gasteiger charge is 2.09. The number of hydrogen-bond acceptors (Lipinski definition) is 3. The van der Waals surface area contributed by atoms with E-state index in [4.69, 9.17) is 4.55 Å². The van der Waals surface area contributed by atoms with Gasteiger partial charge in [-0.05, 0) is 19.3 Å². The van der Waals surface area contributed by atoms with E-state index in [0.717, 1.165) is 19.3 Å². The fourth-order valence-corrected chi connectivity index (χ4v) is 1.73. The summed E-state index contributed by atoms with van der Waals surface area (Å²) in [6, 6.07) is 0.274. The van der Waals surface area contributed by atoms with Crippen LogP contribution in [-0.4, -0.2) is 31.3 Å². The Morgan fingerprint density at radius 2 is 2.31 bits per heavy atom. The van der Waals surface area contributed by atoms with Crippen LogP contribution < -0.4 is 5.32 Å². The Kier molecular flexibility index (Phi) is 3.90. The molecule has 1 rings (SSSR count). The van der Waals surface area contributed by atoms with Gasteiger partial charge < -0.3 is 5.32 Å². The normalized spacial score (nSPS) is 23.3. The zero-order valence-corrected chi connectivity index (χ0v) is 8.26. The Hall–Kier alpha value is -0.390. The molecule has 1 atom stereocenters. The highest BCUT2D eigenvalue weighted by atomic mass is 32.2. The second-order valence-corrected chi connectivity index (χ2v) is 4.78. The zero-order valence-electron chi connectivity index (χ0n) is 7.44. The third-order valence-electron chi connectivity index (χ3n) is 2.02. The average molecular weight is 205 g/mol. The third kappa shape index (κ3) is 5.02. The van der Waals surface area contributed by atoms with E-state index in [-0.39, 0.29) is 11.8 Å². The van der Waals surface area contributed by atoms with E-state index in [9.17, 15) is 8.42 Å². The average Bonchev–Trinajstić information content (AvgIpc) is 2.04. The molecule has 2 N–H and O–H groups in total. The largest absolute Gasteiger partial charge is 0.309 e. The van der Waals surface area contributed by atoms with Crippen LogP contribution in [-0.2, 0) is 10.1 Å². The van der Waals surface area contributed by atoms with Crippen molar-refractivity contribution in [2.24, 2.45) is 0 Å². The highest BCUT2D eigenvalue weighted by Crippen LogP contribution is 2.09. The summed E-state index contributed by atoms with van der Waals surface area (Å²) in [4.78, 5) is 0. The summed E-state index contributed by atoms with van der Waals surface area (Å²) >= 11 is 0. The van der Waals surface area contributed by atoms with Gasteiger partial charge in [0.15, 0.2) is 0 Å². The first-order chi connectivity index (χ1) is 6.08. The Morgan fingerprint density at radius 3 is 2.85 bits per heavy atom. The molecule has 0 radical (unpaired) electrons. The van der Waals surface area contributed by atoms with Crippen molar-refractivity contribution >= 4 is 10.1 Å². The minimum Gasteiger partial charge on any atom is -0.309 e. The van der Waals surface area contributed by atoms with Gasteiger partial charge in [0, 0.05) is 12.6 Å². The molecule has 0 aromatic heterocycles.